The molecule has 0 atom stereocenters. The van der Waals surface area contributed by atoms with Crippen molar-refractivity contribution < 1.29 is 13.6 Å². The number of benzene rings is 1. The quantitative estimate of drug-likeness (QED) is 0.872. The number of carbonyl (C=O) groups excluding carboxylic acids is 1. The highest BCUT2D eigenvalue weighted by atomic mass is 19.2. The third kappa shape index (κ3) is 3.48. The molecule has 104 valence electrons. The third-order valence-electron chi connectivity index (χ3n) is 3.29. The highest BCUT2D eigenvalue weighted by Crippen LogP contribution is 2.12. The second kappa shape index (κ2) is 6.08. The number of amides is 1. The van der Waals surface area contributed by atoms with E-state index in [1.54, 1.807) is 11.0 Å². The van der Waals surface area contributed by atoms with Gasteiger partial charge < -0.3 is 10.6 Å². The van der Waals surface area contributed by atoms with Gasteiger partial charge in [0.2, 0.25) is 5.91 Å². The molecule has 0 unspecified atom stereocenters. The van der Waals surface area contributed by atoms with Crippen LogP contribution in [-0.2, 0) is 11.3 Å². The van der Waals surface area contributed by atoms with E-state index in [2.05, 4.69) is 4.90 Å². The van der Waals surface area contributed by atoms with Crippen LogP contribution in [0.5, 0.6) is 0 Å². The fourth-order valence-electron chi connectivity index (χ4n) is 2.18. The van der Waals surface area contributed by atoms with E-state index in [0.717, 1.165) is 11.6 Å². The smallest absolute Gasteiger partial charge is 0.236 e. The van der Waals surface area contributed by atoms with Gasteiger partial charge in [0.25, 0.3) is 0 Å². The molecule has 19 heavy (non-hydrogen) atoms. The summed E-state index contributed by atoms with van der Waals surface area (Å²) in [5, 5.41) is 0. The molecule has 0 bridgehead atoms. The van der Waals surface area contributed by atoms with Crippen molar-refractivity contribution in [2.45, 2.75) is 6.54 Å². The molecule has 0 aromatic heterocycles. The number of hydrogen-bond donors (Lipinski definition) is 1. The van der Waals surface area contributed by atoms with E-state index in [1.165, 1.54) is 6.07 Å². The lowest BCUT2D eigenvalue weighted by molar-refractivity contribution is -0.131. The summed E-state index contributed by atoms with van der Waals surface area (Å²) in [6.45, 7) is 3.26. The Bertz CT molecular complexity index is 459. The maximum absolute atomic E-state index is 13.1. The largest absolute Gasteiger partial charge is 0.339 e. The summed E-state index contributed by atoms with van der Waals surface area (Å²) in [6.07, 6.45) is 0. The molecule has 6 heteroatoms. The van der Waals surface area contributed by atoms with E-state index in [9.17, 15) is 13.6 Å². The Morgan fingerprint density at radius 3 is 2.42 bits per heavy atom. The Morgan fingerprint density at radius 2 is 1.84 bits per heavy atom. The molecule has 1 fully saturated rings. The first-order chi connectivity index (χ1) is 9.10. The van der Waals surface area contributed by atoms with E-state index in [-0.39, 0.29) is 12.5 Å². The Kier molecular flexibility index (Phi) is 4.44. The monoisotopic (exact) mass is 269 g/mol. The zero-order chi connectivity index (χ0) is 13.8. The first kappa shape index (κ1) is 13.9. The zero-order valence-electron chi connectivity index (χ0n) is 10.6. The van der Waals surface area contributed by atoms with Crippen molar-refractivity contribution in [1.82, 2.24) is 9.80 Å². The van der Waals surface area contributed by atoms with Crippen LogP contribution in [0.4, 0.5) is 8.78 Å². The van der Waals surface area contributed by atoms with E-state index >= 15 is 0 Å². The lowest BCUT2D eigenvalue weighted by Gasteiger charge is -2.34. The minimum absolute atomic E-state index is 0.0309. The van der Waals surface area contributed by atoms with Crippen molar-refractivity contribution in [3.05, 3.63) is 35.4 Å². The summed E-state index contributed by atoms with van der Waals surface area (Å²) in [4.78, 5) is 15.2. The Labute approximate surface area is 110 Å². The average molecular weight is 269 g/mol. The van der Waals surface area contributed by atoms with Gasteiger partial charge in [0.1, 0.15) is 0 Å². The van der Waals surface area contributed by atoms with Gasteiger partial charge in [-0.3, -0.25) is 9.69 Å². The number of hydrogen-bond acceptors (Lipinski definition) is 3. The topological polar surface area (TPSA) is 49.6 Å². The predicted molar refractivity (Wildman–Crippen MR) is 67.3 cm³/mol. The third-order valence-corrected chi connectivity index (χ3v) is 3.29. The lowest BCUT2D eigenvalue weighted by Crippen LogP contribution is -2.49. The lowest BCUT2D eigenvalue weighted by atomic mass is 10.2. The maximum atomic E-state index is 13.1. The van der Waals surface area contributed by atoms with Crippen molar-refractivity contribution >= 4 is 5.91 Å². The van der Waals surface area contributed by atoms with Crippen molar-refractivity contribution in [1.29, 1.82) is 0 Å². The molecule has 4 nitrogen and oxygen atoms in total. The van der Waals surface area contributed by atoms with Crippen LogP contribution in [0, 0.1) is 11.6 Å². The standard InChI is InChI=1S/C13H17F2N3O/c14-11-2-1-10(7-12(11)15)9-17-3-5-18(6-4-17)13(19)8-16/h1-2,7H,3-6,8-9,16H2. The van der Waals surface area contributed by atoms with Crippen LogP contribution in [-0.4, -0.2) is 48.4 Å². The average Bonchev–Trinajstić information content (AvgIpc) is 2.43. The van der Waals surface area contributed by atoms with Crippen LogP contribution < -0.4 is 5.73 Å². The fourth-order valence-corrected chi connectivity index (χ4v) is 2.18. The molecule has 0 spiro atoms. The van der Waals surface area contributed by atoms with Gasteiger partial charge in [0.05, 0.1) is 6.54 Å². The van der Waals surface area contributed by atoms with Gasteiger partial charge in [0.15, 0.2) is 11.6 Å². The zero-order valence-corrected chi connectivity index (χ0v) is 10.6. The van der Waals surface area contributed by atoms with Crippen molar-refractivity contribution in [2.75, 3.05) is 32.7 Å². The van der Waals surface area contributed by atoms with Crippen molar-refractivity contribution in [3.8, 4) is 0 Å². The molecule has 0 radical (unpaired) electrons. The second-order valence-corrected chi connectivity index (χ2v) is 4.61. The summed E-state index contributed by atoms with van der Waals surface area (Å²) in [5.41, 5.74) is 6.04. The van der Waals surface area contributed by atoms with Crippen LogP contribution in [0.2, 0.25) is 0 Å². The van der Waals surface area contributed by atoms with E-state index < -0.39 is 11.6 Å². The van der Waals surface area contributed by atoms with Crippen LogP contribution in [0.3, 0.4) is 0 Å². The van der Waals surface area contributed by atoms with Gasteiger partial charge in [0, 0.05) is 32.7 Å². The Morgan fingerprint density at radius 1 is 1.16 bits per heavy atom. The summed E-state index contributed by atoms with van der Waals surface area (Å²) >= 11 is 0. The van der Waals surface area contributed by atoms with E-state index in [1.807, 2.05) is 0 Å². The van der Waals surface area contributed by atoms with Crippen LogP contribution in [0.25, 0.3) is 0 Å². The van der Waals surface area contributed by atoms with Gasteiger partial charge in [-0.1, -0.05) is 6.07 Å². The minimum atomic E-state index is -0.831. The number of rotatable bonds is 3. The van der Waals surface area contributed by atoms with Gasteiger partial charge in [-0.05, 0) is 17.7 Å². The molecular formula is C13H17F2N3O. The van der Waals surface area contributed by atoms with Gasteiger partial charge in [-0.15, -0.1) is 0 Å². The molecule has 1 saturated heterocycles. The molecule has 1 aromatic rings. The molecule has 1 heterocycles. The van der Waals surface area contributed by atoms with Crippen LogP contribution in [0.1, 0.15) is 5.56 Å². The Hall–Kier alpha value is -1.53. The Balaban J connectivity index is 1.88. The first-order valence-corrected chi connectivity index (χ1v) is 6.24. The molecule has 0 saturated carbocycles. The van der Waals surface area contributed by atoms with Crippen LogP contribution in [0.15, 0.2) is 18.2 Å². The highest BCUT2D eigenvalue weighted by molar-refractivity contribution is 5.78. The molecular weight excluding hydrogens is 252 g/mol. The van der Waals surface area contributed by atoms with Gasteiger partial charge >= 0.3 is 0 Å². The van der Waals surface area contributed by atoms with Crippen molar-refractivity contribution in [2.24, 2.45) is 5.73 Å². The fraction of sp³-hybridized carbons (Fsp3) is 0.462. The number of piperazine rings is 1. The summed E-state index contributed by atoms with van der Waals surface area (Å²) in [6, 6.07) is 3.93. The SMILES string of the molecule is NCC(=O)N1CCN(Cc2ccc(F)c(F)c2)CC1. The highest BCUT2D eigenvalue weighted by Gasteiger charge is 2.20. The molecule has 2 N–H and O–H groups in total. The summed E-state index contributed by atoms with van der Waals surface area (Å²) in [5.74, 6) is -1.70. The normalized spacial score (nSPS) is 16.7. The van der Waals surface area contributed by atoms with Gasteiger partial charge in [-0.2, -0.15) is 0 Å². The molecule has 1 amide bonds. The van der Waals surface area contributed by atoms with E-state index in [4.69, 9.17) is 5.73 Å². The summed E-state index contributed by atoms with van der Waals surface area (Å²) in [7, 11) is 0. The maximum Gasteiger partial charge on any atom is 0.236 e. The molecule has 1 aromatic carbocycles. The number of nitrogens with zero attached hydrogens (tertiary/aromatic N) is 2. The number of nitrogens with two attached hydrogens (primary N) is 1. The minimum Gasteiger partial charge on any atom is -0.339 e. The predicted octanol–water partition coefficient (Wildman–Crippen LogP) is 0.568. The second-order valence-electron chi connectivity index (χ2n) is 4.61. The molecule has 1 aliphatic rings. The number of carbonyl (C=O) groups is 1. The molecule has 0 aliphatic carbocycles. The van der Waals surface area contributed by atoms with E-state index in [0.29, 0.717) is 32.7 Å². The van der Waals surface area contributed by atoms with Crippen LogP contribution >= 0.6 is 0 Å². The molecule has 2 rings (SSSR count). The first-order valence-electron chi connectivity index (χ1n) is 6.24. The molecule has 1 aliphatic heterocycles. The summed E-state index contributed by atoms with van der Waals surface area (Å²) < 4.78 is 25.9. The van der Waals surface area contributed by atoms with Crippen molar-refractivity contribution in [3.63, 3.8) is 0 Å². The van der Waals surface area contributed by atoms with Gasteiger partial charge in [-0.25, -0.2) is 8.78 Å². The number of halogens is 2.